The first-order chi connectivity index (χ1) is 10.6. The molecule has 1 aromatic carbocycles. The Labute approximate surface area is 127 Å². The van der Waals surface area contributed by atoms with Crippen LogP contribution in [0, 0.1) is 0 Å². The van der Waals surface area contributed by atoms with Crippen molar-refractivity contribution in [3.05, 3.63) is 54.1 Å². The average molecular weight is 301 g/mol. The van der Waals surface area contributed by atoms with E-state index in [-0.39, 0.29) is 12.0 Å². The first-order valence-electron chi connectivity index (χ1n) is 6.51. The molecule has 7 heteroatoms. The lowest BCUT2D eigenvalue weighted by atomic mass is 10.0. The molecule has 1 unspecified atom stereocenters. The molecule has 0 radical (unpaired) electrons. The molecule has 0 aliphatic rings. The van der Waals surface area contributed by atoms with E-state index in [1.807, 2.05) is 0 Å². The number of rotatable bonds is 6. The summed E-state index contributed by atoms with van der Waals surface area (Å²) in [7, 11) is 1.52. The van der Waals surface area contributed by atoms with E-state index in [2.05, 4.69) is 15.3 Å². The van der Waals surface area contributed by atoms with Crippen LogP contribution in [-0.2, 0) is 4.79 Å². The van der Waals surface area contributed by atoms with Gasteiger partial charge in [0.15, 0.2) is 0 Å². The predicted molar refractivity (Wildman–Crippen MR) is 77.5 cm³/mol. The monoisotopic (exact) mass is 301 g/mol. The highest BCUT2D eigenvalue weighted by atomic mass is 16.5. The number of carboxylic acids is 1. The Morgan fingerprint density at radius 1 is 1.32 bits per heavy atom. The van der Waals surface area contributed by atoms with Crippen LogP contribution >= 0.6 is 0 Å². The number of nitrogens with one attached hydrogen (secondary N) is 1. The minimum atomic E-state index is -1.02. The highest BCUT2D eigenvalue weighted by molar-refractivity contribution is 5.94. The van der Waals surface area contributed by atoms with Gasteiger partial charge in [0.1, 0.15) is 12.1 Å². The van der Waals surface area contributed by atoms with Crippen LogP contribution < -0.4 is 10.1 Å². The quantitative estimate of drug-likeness (QED) is 0.837. The molecular weight excluding hydrogens is 286 g/mol. The first-order valence-corrected chi connectivity index (χ1v) is 6.51. The number of hydrogen-bond acceptors (Lipinski definition) is 5. The highest BCUT2D eigenvalue weighted by Crippen LogP contribution is 2.22. The fourth-order valence-corrected chi connectivity index (χ4v) is 1.94. The lowest BCUT2D eigenvalue weighted by Gasteiger charge is -2.18. The van der Waals surface area contributed by atoms with Gasteiger partial charge in [-0.05, 0) is 17.7 Å². The van der Waals surface area contributed by atoms with E-state index in [1.54, 1.807) is 24.3 Å². The SMILES string of the molecule is COc1cccc(C(CC(=O)O)NC(=O)c2cncnc2)c1. The van der Waals surface area contributed by atoms with Crippen LogP contribution in [0.15, 0.2) is 43.0 Å². The Hall–Kier alpha value is -2.96. The Morgan fingerprint density at radius 3 is 2.68 bits per heavy atom. The number of hydrogen-bond donors (Lipinski definition) is 2. The molecule has 22 heavy (non-hydrogen) atoms. The van der Waals surface area contributed by atoms with Gasteiger partial charge in [0.05, 0.1) is 25.1 Å². The van der Waals surface area contributed by atoms with Crippen LogP contribution in [0.1, 0.15) is 28.4 Å². The fourth-order valence-electron chi connectivity index (χ4n) is 1.94. The van der Waals surface area contributed by atoms with Gasteiger partial charge in [-0.25, -0.2) is 9.97 Å². The normalized spacial score (nSPS) is 11.5. The molecule has 0 spiro atoms. The predicted octanol–water partition coefficient (Wildman–Crippen LogP) is 1.43. The Bertz CT molecular complexity index is 661. The minimum Gasteiger partial charge on any atom is -0.497 e. The van der Waals surface area contributed by atoms with Crippen LogP contribution in [0.5, 0.6) is 5.75 Å². The minimum absolute atomic E-state index is 0.243. The summed E-state index contributed by atoms with van der Waals surface area (Å²) in [5, 5.41) is 11.7. The maximum absolute atomic E-state index is 12.1. The largest absolute Gasteiger partial charge is 0.497 e. The van der Waals surface area contributed by atoms with Crippen LogP contribution in [0.2, 0.25) is 0 Å². The molecule has 1 amide bonds. The van der Waals surface area contributed by atoms with E-state index in [4.69, 9.17) is 9.84 Å². The van der Waals surface area contributed by atoms with Crippen molar-refractivity contribution in [2.24, 2.45) is 0 Å². The standard InChI is InChI=1S/C15H15N3O4/c1-22-12-4-2-3-10(5-12)13(6-14(19)20)18-15(21)11-7-16-9-17-8-11/h2-5,7-9,13H,6H2,1H3,(H,18,21)(H,19,20). The topological polar surface area (TPSA) is 101 Å². The number of benzene rings is 1. The zero-order chi connectivity index (χ0) is 15.9. The number of nitrogens with zero attached hydrogens (tertiary/aromatic N) is 2. The van der Waals surface area contributed by atoms with Crippen molar-refractivity contribution in [2.45, 2.75) is 12.5 Å². The van der Waals surface area contributed by atoms with E-state index in [9.17, 15) is 9.59 Å². The Kier molecular flexibility index (Phi) is 5.02. The molecule has 7 nitrogen and oxygen atoms in total. The van der Waals surface area contributed by atoms with Gasteiger partial charge in [0.2, 0.25) is 0 Å². The summed E-state index contributed by atoms with van der Waals surface area (Å²) < 4.78 is 5.12. The van der Waals surface area contributed by atoms with E-state index < -0.39 is 17.9 Å². The zero-order valence-electron chi connectivity index (χ0n) is 11.9. The molecule has 0 fully saturated rings. The molecule has 0 saturated carbocycles. The van der Waals surface area contributed by atoms with Gasteiger partial charge in [0.25, 0.3) is 5.91 Å². The summed E-state index contributed by atoms with van der Waals surface area (Å²) in [6.45, 7) is 0. The van der Waals surface area contributed by atoms with Gasteiger partial charge in [-0.3, -0.25) is 9.59 Å². The molecule has 2 aromatic rings. The van der Waals surface area contributed by atoms with Crippen molar-refractivity contribution in [1.82, 2.24) is 15.3 Å². The van der Waals surface area contributed by atoms with Crippen LogP contribution in [0.3, 0.4) is 0 Å². The molecule has 1 heterocycles. The maximum atomic E-state index is 12.1. The molecule has 2 N–H and O–H groups in total. The lowest BCUT2D eigenvalue weighted by Crippen LogP contribution is -2.30. The summed E-state index contributed by atoms with van der Waals surface area (Å²) in [6, 6.07) is 6.22. The summed E-state index contributed by atoms with van der Waals surface area (Å²) in [6.07, 6.45) is 3.80. The molecule has 0 saturated heterocycles. The molecule has 114 valence electrons. The molecule has 0 aliphatic carbocycles. The molecule has 0 aliphatic heterocycles. The van der Waals surface area contributed by atoms with E-state index in [0.717, 1.165) is 0 Å². The number of aliphatic carboxylic acids is 1. The van der Waals surface area contributed by atoms with E-state index >= 15 is 0 Å². The highest BCUT2D eigenvalue weighted by Gasteiger charge is 2.19. The van der Waals surface area contributed by atoms with E-state index in [1.165, 1.54) is 25.8 Å². The molecule has 2 rings (SSSR count). The van der Waals surface area contributed by atoms with E-state index in [0.29, 0.717) is 11.3 Å². The summed E-state index contributed by atoms with van der Waals surface area (Å²) in [4.78, 5) is 30.7. The average Bonchev–Trinajstić information content (AvgIpc) is 2.54. The number of carbonyl (C=O) groups excluding carboxylic acids is 1. The fraction of sp³-hybridized carbons (Fsp3) is 0.200. The second kappa shape index (κ2) is 7.16. The lowest BCUT2D eigenvalue weighted by molar-refractivity contribution is -0.137. The summed E-state index contributed by atoms with van der Waals surface area (Å²) in [5.41, 5.74) is 0.910. The van der Waals surface area contributed by atoms with Crippen LogP contribution in [-0.4, -0.2) is 34.1 Å². The van der Waals surface area contributed by atoms with Crippen molar-refractivity contribution in [2.75, 3.05) is 7.11 Å². The number of ether oxygens (including phenoxy) is 1. The van der Waals surface area contributed by atoms with Gasteiger partial charge in [-0.15, -0.1) is 0 Å². The van der Waals surface area contributed by atoms with Crippen LogP contribution in [0.25, 0.3) is 0 Å². The van der Waals surface area contributed by atoms with Gasteiger partial charge in [-0.1, -0.05) is 12.1 Å². The Morgan fingerprint density at radius 2 is 2.05 bits per heavy atom. The first kappa shape index (κ1) is 15.4. The number of carboxylic acid groups (broad SMARTS) is 1. The number of carbonyl (C=O) groups is 2. The maximum Gasteiger partial charge on any atom is 0.305 e. The number of methoxy groups -OCH3 is 1. The second-order valence-corrected chi connectivity index (χ2v) is 4.53. The third-order valence-corrected chi connectivity index (χ3v) is 3.00. The Balaban J connectivity index is 2.22. The van der Waals surface area contributed by atoms with Gasteiger partial charge < -0.3 is 15.2 Å². The molecule has 1 aromatic heterocycles. The third-order valence-electron chi connectivity index (χ3n) is 3.00. The second-order valence-electron chi connectivity index (χ2n) is 4.53. The number of amides is 1. The zero-order valence-corrected chi connectivity index (χ0v) is 11.9. The van der Waals surface area contributed by atoms with Gasteiger partial charge in [0, 0.05) is 12.4 Å². The van der Waals surface area contributed by atoms with Gasteiger partial charge in [-0.2, -0.15) is 0 Å². The van der Waals surface area contributed by atoms with Crippen molar-refractivity contribution < 1.29 is 19.4 Å². The number of aromatic nitrogens is 2. The molecule has 1 atom stereocenters. The van der Waals surface area contributed by atoms with Crippen molar-refractivity contribution in [3.8, 4) is 5.75 Å². The van der Waals surface area contributed by atoms with Gasteiger partial charge >= 0.3 is 5.97 Å². The third kappa shape index (κ3) is 4.02. The van der Waals surface area contributed by atoms with Crippen molar-refractivity contribution in [3.63, 3.8) is 0 Å². The van der Waals surface area contributed by atoms with Crippen molar-refractivity contribution >= 4 is 11.9 Å². The molecule has 0 bridgehead atoms. The smallest absolute Gasteiger partial charge is 0.305 e. The molecular formula is C15H15N3O4. The van der Waals surface area contributed by atoms with Crippen LogP contribution in [0.4, 0.5) is 0 Å². The van der Waals surface area contributed by atoms with Crippen molar-refractivity contribution in [1.29, 1.82) is 0 Å². The summed E-state index contributed by atoms with van der Waals surface area (Å²) >= 11 is 0. The summed E-state index contributed by atoms with van der Waals surface area (Å²) in [5.74, 6) is -0.864.